The average Bonchev–Trinajstić information content (AvgIpc) is 3.30. The Morgan fingerprint density at radius 1 is 1.22 bits per heavy atom. The van der Waals surface area contributed by atoms with Crippen LogP contribution in [0.25, 0.3) is 0 Å². The normalized spacial score (nSPS) is 15.9. The lowest BCUT2D eigenvalue weighted by Crippen LogP contribution is -2.45. The van der Waals surface area contributed by atoms with E-state index in [0.717, 1.165) is 30.6 Å². The topological polar surface area (TPSA) is 114 Å². The van der Waals surface area contributed by atoms with Crippen molar-refractivity contribution in [2.24, 2.45) is 5.92 Å². The third-order valence-corrected chi connectivity index (χ3v) is 6.11. The van der Waals surface area contributed by atoms with Crippen LogP contribution < -0.4 is 10.6 Å². The molecule has 3 amide bonds. The Hall–Kier alpha value is -2.56. The molecule has 3 rings (SSSR count). The smallest absolute Gasteiger partial charge is 0.286 e. The summed E-state index contributed by atoms with van der Waals surface area (Å²) in [5.74, 6) is -1.09. The molecule has 2 heterocycles. The van der Waals surface area contributed by atoms with Gasteiger partial charge in [-0.2, -0.15) is 0 Å². The van der Waals surface area contributed by atoms with Crippen molar-refractivity contribution in [2.75, 3.05) is 38.2 Å². The van der Waals surface area contributed by atoms with Crippen LogP contribution in [-0.2, 0) is 9.53 Å². The fraction of sp³-hybridized carbons (Fsp3) is 0.476. The number of hydrogen-bond donors (Lipinski definition) is 2. The van der Waals surface area contributed by atoms with Crippen molar-refractivity contribution < 1.29 is 19.1 Å². The number of nitrogens with zero attached hydrogens (tertiary/aromatic N) is 3. The zero-order chi connectivity index (χ0) is 22.9. The molecule has 0 aliphatic carbocycles. The fourth-order valence-corrected chi connectivity index (χ4v) is 4.14. The first-order chi connectivity index (χ1) is 15.5. The largest absolute Gasteiger partial charge is 0.382 e. The number of likely N-dealkylation sites (tertiary alicyclic amines) is 1. The summed E-state index contributed by atoms with van der Waals surface area (Å²) in [5.41, 5.74) is 0.564. The van der Waals surface area contributed by atoms with Crippen LogP contribution in [0.1, 0.15) is 45.8 Å². The molecule has 1 fully saturated rings. The van der Waals surface area contributed by atoms with E-state index in [1.807, 2.05) is 6.92 Å². The summed E-state index contributed by atoms with van der Waals surface area (Å²) in [6.45, 7) is 4.60. The molecule has 0 radical (unpaired) electrons. The molecule has 1 aliphatic heterocycles. The molecule has 1 aliphatic rings. The summed E-state index contributed by atoms with van der Waals surface area (Å²) in [7, 11) is 0. The monoisotopic (exact) mass is 479 g/mol. The van der Waals surface area contributed by atoms with Crippen LogP contribution in [0.2, 0.25) is 5.02 Å². The second kappa shape index (κ2) is 11.9. The number of carbonyl (C=O) groups is 3. The van der Waals surface area contributed by atoms with Gasteiger partial charge in [-0.1, -0.05) is 22.9 Å². The summed E-state index contributed by atoms with van der Waals surface area (Å²) < 4.78 is 5.27. The van der Waals surface area contributed by atoms with E-state index in [1.165, 1.54) is 0 Å². The summed E-state index contributed by atoms with van der Waals surface area (Å²) in [6, 6.07) is 6.66. The lowest BCUT2D eigenvalue weighted by atomic mass is 9.97. The number of ether oxygens (including phenoxy) is 1. The van der Waals surface area contributed by atoms with Gasteiger partial charge in [0.05, 0.1) is 5.92 Å². The van der Waals surface area contributed by atoms with Crippen LogP contribution in [0, 0.1) is 5.92 Å². The molecule has 32 heavy (non-hydrogen) atoms. The third-order valence-electron chi connectivity index (χ3n) is 4.95. The molecule has 0 saturated carbocycles. The highest BCUT2D eigenvalue weighted by Crippen LogP contribution is 2.21. The third kappa shape index (κ3) is 6.72. The fourth-order valence-electron chi connectivity index (χ4n) is 3.30. The zero-order valence-electron chi connectivity index (χ0n) is 17.8. The highest BCUT2D eigenvalue weighted by atomic mass is 35.5. The van der Waals surface area contributed by atoms with Crippen LogP contribution in [0.3, 0.4) is 0 Å². The number of aromatic nitrogens is 2. The van der Waals surface area contributed by atoms with Crippen LogP contribution in [0.5, 0.6) is 0 Å². The molecule has 1 aromatic heterocycles. The van der Waals surface area contributed by atoms with Gasteiger partial charge >= 0.3 is 0 Å². The summed E-state index contributed by atoms with van der Waals surface area (Å²) in [6.07, 6.45) is 2.21. The second-order valence-electron chi connectivity index (χ2n) is 7.31. The Morgan fingerprint density at radius 2 is 1.97 bits per heavy atom. The maximum absolute atomic E-state index is 12.9. The number of piperidine rings is 1. The number of rotatable bonds is 9. The van der Waals surface area contributed by atoms with Gasteiger partial charge in [-0.15, -0.1) is 10.2 Å². The molecular weight excluding hydrogens is 454 g/mol. The van der Waals surface area contributed by atoms with Crippen molar-refractivity contribution in [1.29, 1.82) is 0 Å². The molecule has 1 saturated heterocycles. The SMILES string of the molecule is CCOCCCNC(=O)[C@H]1CCCN(C(=O)c2nnc(C(=O)Nc3ccc(Cl)cc3)s2)C1. The van der Waals surface area contributed by atoms with Crippen molar-refractivity contribution >= 4 is 46.3 Å². The van der Waals surface area contributed by atoms with Gasteiger partial charge in [-0.25, -0.2) is 0 Å². The Labute approximate surface area is 195 Å². The summed E-state index contributed by atoms with van der Waals surface area (Å²) >= 11 is 6.78. The minimum Gasteiger partial charge on any atom is -0.382 e. The first-order valence-corrected chi connectivity index (χ1v) is 11.7. The van der Waals surface area contributed by atoms with Crippen molar-refractivity contribution in [1.82, 2.24) is 20.4 Å². The van der Waals surface area contributed by atoms with Crippen molar-refractivity contribution in [2.45, 2.75) is 26.2 Å². The number of carbonyl (C=O) groups excluding carboxylic acids is 3. The highest BCUT2D eigenvalue weighted by Gasteiger charge is 2.30. The van der Waals surface area contributed by atoms with E-state index in [1.54, 1.807) is 29.2 Å². The van der Waals surface area contributed by atoms with E-state index >= 15 is 0 Å². The standard InChI is InChI=1S/C21H26ClN5O4S/c1-2-31-12-4-10-23-17(28)14-5-3-11-27(13-14)21(30)20-26-25-19(32-20)18(29)24-16-8-6-15(22)7-9-16/h6-9,14H,2-5,10-13H2,1H3,(H,23,28)(H,24,29)/t14-/m0/s1. The van der Waals surface area contributed by atoms with Crippen LogP contribution in [0.15, 0.2) is 24.3 Å². The van der Waals surface area contributed by atoms with E-state index in [9.17, 15) is 14.4 Å². The lowest BCUT2D eigenvalue weighted by Gasteiger charge is -2.31. The minimum absolute atomic E-state index is 0.0562. The van der Waals surface area contributed by atoms with Gasteiger partial charge < -0.3 is 20.3 Å². The van der Waals surface area contributed by atoms with Crippen molar-refractivity contribution in [3.05, 3.63) is 39.3 Å². The van der Waals surface area contributed by atoms with Crippen LogP contribution in [0.4, 0.5) is 5.69 Å². The Balaban J connectivity index is 1.53. The first kappa shape index (κ1) is 24.1. The van der Waals surface area contributed by atoms with Crippen molar-refractivity contribution in [3.8, 4) is 0 Å². The lowest BCUT2D eigenvalue weighted by molar-refractivity contribution is -0.126. The average molecular weight is 480 g/mol. The molecule has 0 unspecified atom stereocenters. The molecule has 1 aromatic carbocycles. The van der Waals surface area contributed by atoms with Gasteiger partial charge in [0.25, 0.3) is 11.8 Å². The van der Waals surface area contributed by atoms with E-state index in [4.69, 9.17) is 16.3 Å². The number of amides is 3. The molecule has 2 aromatic rings. The van der Waals surface area contributed by atoms with Gasteiger partial charge in [0, 0.05) is 43.6 Å². The predicted octanol–water partition coefficient (Wildman–Crippen LogP) is 2.84. The molecular formula is C21H26ClN5O4S. The molecule has 172 valence electrons. The van der Waals surface area contributed by atoms with Gasteiger partial charge in [0.15, 0.2) is 0 Å². The molecule has 0 spiro atoms. The Bertz CT molecular complexity index is 937. The number of anilines is 1. The van der Waals surface area contributed by atoms with Crippen molar-refractivity contribution in [3.63, 3.8) is 0 Å². The number of benzene rings is 1. The Kier molecular flexibility index (Phi) is 8.95. The summed E-state index contributed by atoms with van der Waals surface area (Å²) in [4.78, 5) is 39.3. The highest BCUT2D eigenvalue weighted by molar-refractivity contribution is 7.15. The van der Waals surface area contributed by atoms with Gasteiger partial charge in [0.2, 0.25) is 15.9 Å². The van der Waals surface area contributed by atoms with Gasteiger partial charge in [-0.3, -0.25) is 14.4 Å². The Morgan fingerprint density at radius 3 is 2.72 bits per heavy atom. The molecule has 9 nitrogen and oxygen atoms in total. The molecule has 1 atom stereocenters. The van der Waals surface area contributed by atoms with Gasteiger partial charge in [-0.05, 0) is 50.5 Å². The number of hydrogen-bond acceptors (Lipinski definition) is 7. The van der Waals surface area contributed by atoms with E-state index in [-0.39, 0.29) is 27.7 Å². The predicted molar refractivity (Wildman–Crippen MR) is 122 cm³/mol. The zero-order valence-corrected chi connectivity index (χ0v) is 19.4. The summed E-state index contributed by atoms with van der Waals surface area (Å²) in [5, 5.41) is 14.1. The molecule has 0 bridgehead atoms. The number of halogens is 1. The van der Waals surface area contributed by atoms with Gasteiger partial charge in [0.1, 0.15) is 0 Å². The van der Waals surface area contributed by atoms with Crippen LogP contribution in [-0.4, -0.2) is 65.7 Å². The molecule has 2 N–H and O–H groups in total. The second-order valence-corrected chi connectivity index (χ2v) is 8.72. The number of nitrogens with one attached hydrogen (secondary N) is 2. The van der Waals surface area contributed by atoms with Crippen LogP contribution >= 0.6 is 22.9 Å². The minimum atomic E-state index is -0.452. The molecule has 11 heteroatoms. The maximum Gasteiger partial charge on any atom is 0.286 e. The first-order valence-electron chi connectivity index (χ1n) is 10.5. The van der Waals surface area contributed by atoms with E-state index in [2.05, 4.69) is 20.8 Å². The van der Waals surface area contributed by atoms with E-state index in [0.29, 0.717) is 43.6 Å². The maximum atomic E-state index is 12.9. The quantitative estimate of drug-likeness (QED) is 0.534. The van der Waals surface area contributed by atoms with E-state index < -0.39 is 5.91 Å².